The summed E-state index contributed by atoms with van der Waals surface area (Å²) < 4.78 is 5.54. The van der Waals surface area contributed by atoms with Crippen molar-refractivity contribution in [3.8, 4) is 0 Å². The fraction of sp³-hybridized carbons (Fsp3) is 0.857. The molecule has 0 bridgehead atoms. The number of hydrogen-bond donors (Lipinski definition) is 1. The van der Waals surface area contributed by atoms with Gasteiger partial charge in [-0.2, -0.15) is 0 Å². The van der Waals surface area contributed by atoms with Gasteiger partial charge in [0.05, 0.1) is 0 Å². The van der Waals surface area contributed by atoms with Crippen LogP contribution >= 0.6 is 0 Å². The summed E-state index contributed by atoms with van der Waals surface area (Å²) in [6.45, 7) is 8.99. The van der Waals surface area contributed by atoms with Gasteiger partial charge in [0, 0.05) is 65.4 Å². The number of carbonyl (C=O) groups excluding carboxylic acids is 2. The van der Waals surface area contributed by atoms with Gasteiger partial charge < -0.3 is 24.8 Å². The maximum absolute atomic E-state index is 12.5. The van der Waals surface area contributed by atoms with Crippen molar-refractivity contribution in [2.24, 2.45) is 4.99 Å². The minimum atomic E-state index is -0.231. The summed E-state index contributed by atoms with van der Waals surface area (Å²) in [5.74, 6) is 1.36. The van der Waals surface area contributed by atoms with E-state index in [0.29, 0.717) is 38.6 Å². The van der Waals surface area contributed by atoms with Crippen molar-refractivity contribution < 1.29 is 14.3 Å². The summed E-state index contributed by atoms with van der Waals surface area (Å²) >= 11 is 0. The summed E-state index contributed by atoms with van der Waals surface area (Å²) in [7, 11) is 0. The molecule has 3 heterocycles. The Labute approximate surface area is 174 Å². The average Bonchev–Trinajstić information content (AvgIpc) is 3.20. The van der Waals surface area contributed by atoms with Crippen LogP contribution in [0.3, 0.4) is 0 Å². The molecule has 1 N–H and O–H groups in total. The third kappa shape index (κ3) is 6.32. The second-order valence-electron chi connectivity index (χ2n) is 8.09. The molecular formula is C21H37N5O3. The minimum absolute atomic E-state index is 0.145. The van der Waals surface area contributed by atoms with Gasteiger partial charge in [-0.3, -0.25) is 14.6 Å². The lowest BCUT2D eigenvalue weighted by Crippen LogP contribution is -2.55. The predicted octanol–water partition coefficient (Wildman–Crippen LogP) is 1.07. The van der Waals surface area contributed by atoms with Crippen molar-refractivity contribution in [3.63, 3.8) is 0 Å². The third-order valence-corrected chi connectivity index (χ3v) is 5.95. The van der Waals surface area contributed by atoms with E-state index in [1.165, 1.54) is 0 Å². The van der Waals surface area contributed by atoms with E-state index in [0.717, 1.165) is 77.2 Å². The van der Waals surface area contributed by atoms with E-state index in [2.05, 4.69) is 17.1 Å². The highest BCUT2D eigenvalue weighted by molar-refractivity contribution is 5.83. The Morgan fingerprint density at radius 2 is 1.90 bits per heavy atom. The predicted molar refractivity (Wildman–Crippen MR) is 113 cm³/mol. The van der Waals surface area contributed by atoms with Crippen molar-refractivity contribution in [1.29, 1.82) is 0 Å². The molecule has 3 rings (SSSR count). The van der Waals surface area contributed by atoms with Crippen LogP contribution < -0.4 is 5.32 Å². The zero-order chi connectivity index (χ0) is 20.5. The van der Waals surface area contributed by atoms with Crippen LogP contribution in [-0.2, 0) is 14.3 Å². The lowest BCUT2D eigenvalue weighted by atomic mass is 10.2. The first-order valence-electron chi connectivity index (χ1n) is 11.4. The van der Waals surface area contributed by atoms with Crippen LogP contribution in [0.4, 0.5) is 0 Å². The molecule has 3 fully saturated rings. The number of amides is 2. The van der Waals surface area contributed by atoms with Crippen molar-refractivity contribution >= 4 is 17.8 Å². The molecule has 0 saturated carbocycles. The average molecular weight is 408 g/mol. The Hall–Kier alpha value is -1.83. The molecule has 0 aromatic heterocycles. The standard InChI is InChI=1S/C21H37N5O3/c1-2-22-21(23-10-7-12-24-11-5-3-4-9-19(24)27)26-15-13-25(14-16-26)20(28)18-8-6-17-29-18/h18H,2-17H2,1H3,(H,22,23). The number of piperazine rings is 1. The zero-order valence-electron chi connectivity index (χ0n) is 17.9. The summed E-state index contributed by atoms with van der Waals surface area (Å²) in [6.07, 6.45) is 6.49. The Balaban J connectivity index is 1.44. The summed E-state index contributed by atoms with van der Waals surface area (Å²) in [4.78, 5) is 35.6. The van der Waals surface area contributed by atoms with Gasteiger partial charge in [-0.15, -0.1) is 0 Å². The van der Waals surface area contributed by atoms with Crippen LogP contribution in [0.25, 0.3) is 0 Å². The Kier molecular flexibility index (Phi) is 8.58. The monoisotopic (exact) mass is 407 g/mol. The minimum Gasteiger partial charge on any atom is -0.368 e. The molecule has 1 atom stereocenters. The lowest BCUT2D eigenvalue weighted by Gasteiger charge is -2.37. The van der Waals surface area contributed by atoms with E-state index in [9.17, 15) is 9.59 Å². The van der Waals surface area contributed by atoms with Gasteiger partial charge in [0.2, 0.25) is 5.91 Å². The highest BCUT2D eigenvalue weighted by Gasteiger charge is 2.30. The van der Waals surface area contributed by atoms with Crippen molar-refractivity contribution in [1.82, 2.24) is 20.0 Å². The molecule has 1 unspecified atom stereocenters. The molecular weight excluding hydrogens is 370 g/mol. The fourth-order valence-electron chi connectivity index (χ4n) is 4.26. The van der Waals surface area contributed by atoms with Gasteiger partial charge in [-0.25, -0.2) is 0 Å². The maximum Gasteiger partial charge on any atom is 0.251 e. The first kappa shape index (κ1) is 21.9. The molecule has 164 valence electrons. The van der Waals surface area contributed by atoms with Crippen molar-refractivity contribution in [3.05, 3.63) is 0 Å². The third-order valence-electron chi connectivity index (χ3n) is 5.95. The van der Waals surface area contributed by atoms with Crippen LogP contribution in [0.5, 0.6) is 0 Å². The van der Waals surface area contributed by atoms with Crippen LogP contribution in [0, 0.1) is 0 Å². The molecule has 0 aromatic rings. The van der Waals surface area contributed by atoms with E-state index in [1.807, 2.05) is 9.80 Å². The van der Waals surface area contributed by atoms with E-state index < -0.39 is 0 Å². The molecule has 0 spiro atoms. The number of nitrogens with one attached hydrogen (secondary N) is 1. The number of rotatable bonds is 6. The highest BCUT2D eigenvalue weighted by atomic mass is 16.5. The number of aliphatic imine (C=N–C) groups is 1. The van der Waals surface area contributed by atoms with Crippen LogP contribution in [0.15, 0.2) is 4.99 Å². The van der Waals surface area contributed by atoms with E-state index in [1.54, 1.807) is 0 Å². The summed E-state index contributed by atoms with van der Waals surface area (Å²) in [5, 5.41) is 3.38. The first-order valence-corrected chi connectivity index (χ1v) is 11.4. The molecule has 3 aliphatic rings. The van der Waals surface area contributed by atoms with E-state index >= 15 is 0 Å². The highest BCUT2D eigenvalue weighted by Crippen LogP contribution is 2.16. The van der Waals surface area contributed by atoms with Gasteiger partial charge >= 0.3 is 0 Å². The molecule has 3 saturated heterocycles. The van der Waals surface area contributed by atoms with Gasteiger partial charge in [-0.05, 0) is 39.0 Å². The van der Waals surface area contributed by atoms with Gasteiger partial charge in [0.25, 0.3) is 5.91 Å². The number of ether oxygens (including phenoxy) is 1. The summed E-state index contributed by atoms with van der Waals surface area (Å²) in [5.41, 5.74) is 0. The molecule has 0 radical (unpaired) electrons. The van der Waals surface area contributed by atoms with Gasteiger partial charge in [-0.1, -0.05) is 6.42 Å². The van der Waals surface area contributed by atoms with Crippen molar-refractivity contribution in [2.45, 2.75) is 58.0 Å². The SMILES string of the molecule is CCNC(=NCCCN1CCCCCC1=O)N1CCN(C(=O)C2CCCO2)CC1. The van der Waals surface area contributed by atoms with E-state index in [4.69, 9.17) is 9.73 Å². The Bertz CT molecular complexity index is 569. The van der Waals surface area contributed by atoms with Crippen LogP contribution in [0.1, 0.15) is 51.9 Å². The van der Waals surface area contributed by atoms with Gasteiger partial charge in [0.1, 0.15) is 6.10 Å². The quantitative estimate of drug-likeness (QED) is 0.405. The fourth-order valence-corrected chi connectivity index (χ4v) is 4.26. The smallest absolute Gasteiger partial charge is 0.251 e. The molecule has 3 aliphatic heterocycles. The number of likely N-dealkylation sites (tertiary alicyclic amines) is 1. The number of hydrogen-bond acceptors (Lipinski definition) is 4. The Morgan fingerprint density at radius 1 is 1.10 bits per heavy atom. The number of nitrogens with zero attached hydrogens (tertiary/aromatic N) is 4. The van der Waals surface area contributed by atoms with Crippen LogP contribution in [0.2, 0.25) is 0 Å². The zero-order valence-corrected chi connectivity index (χ0v) is 17.9. The summed E-state index contributed by atoms with van der Waals surface area (Å²) in [6, 6.07) is 0. The number of guanidine groups is 1. The second kappa shape index (κ2) is 11.4. The Morgan fingerprint density at radius 3 is 2.62 bits per heavy atom. The van der Waals surface area contributed by atoms with Crippen molar-refractivity contribution in [2.75, 3.05) is 59.0 Å². The second-order valence-corrected chi connectivity index (χ2v) is 8.09. The molecule has 8 heteroatoms. The molecule has 0 aromatic carbocycles. The molecule has 8 nitrogen and oxygen atoms in total. The normalized spacial score (nSPS) is 24.0. The molecule has 0 aliphatic carbocycles. The topological polar surface area (TPSA) is 77.5 Å². The van der Waals surface area contributed by atoms with E-state index in [-0.39, 0.29) is 12.0 Å². The first-order chi connectivity index (χ1) is 14.2. The maximum atomic E-state index is 12.5. The number of carbonyl (C=O) groups is 2. The largest absolute Gasteiger partial charge is 0.368 e. The molecule has 29 heavy (non-hydrogen) atoms. The lowest BCUT2D eigenvalue weighted by molar-refractivity contribution is -0.142. The van der Waals surface area contributed by atoms with Crippen LogP contribution in [-0.4, -0.2) is 97.5 Å². The molecule has 2 amide bonds. The van der Waals surface area contributed by atoms with Gasteiger partial charge in [0.15, 0.2) is 5.96 Å².